The molecule has 1 unspecified atom stereocenters. The highest BCUT2D eigenvalue weighted by Gasteiger charge is 2.57. The van der Waals surface area contributed by atoms with Crippen LogP contribution < -0.4 is 4.74 Å². The average Bonchev–Trinajstić information content (AvgIpc) is 3.77. The van der Waals surface area contributed by atoms with Crippen LogP contribution in [-0.4, -0.2) is 84.6 Å². The average molecular weight is 1000 g/mol. The number of rotatable bonds is 26. The largest absolute Gasteiger partial charge is 0.497 e. The number of benzene rings is 7. The Bertz CT molecular complexity index is 2600. The van der Waals surface area contributed by atoms with Crippen molar-refractivity contribution in [3.8, 4) is 5.75 Å². The Hall–Kier alpha value is -5.67. The van der Waals surface area contributed by atoms with Crippen molar-refractivity contribution in [3.05, 3.63) is 245 Å². The summed E-state index contributed by atoms with van der Waals surface area (Å²) in [6.07, 6.45) is -5.85. The fourth-order valence-corrected chi connectivity index (χ4v) is 12.2. The van der Waals surface area contributed by atoms with E-state index in [1.54, 1.807) is 7.11 Å². The number of ether oxygens (including phenoxy) is 9. The number of aliphatic hydroxyl groups excluding tert-OH is 1. The molecule has 73 heavy (non-hydrogen) atoms. The lowest BCUT2D eigenvalue weighted by molar-refractivity contribution is -0.335. The highest BCUT2D eigenvalue weighted by atomic mass is 32.2. The first-order valence-electron chi connectivity index (χ1n) is 25.2. The third-order valence-corrected chi connectivity index (χ3v) is 16.0. The first kappa shape index (κ1) is 52.2. The van der Waals surface area contributed by atoms with Crippen LogP contribution in [0.4, 0.5) is 0 Å². The van der Waals surface area contributed by atoms with E-state index in [1.165, 1.54) is 0 Å². The van der Waals surface area contributed by atoms with Crippen molar-refractivity contribution in [1.82, 2.24) is 0 Å². The van der Waals surface area contributed by atoms with Crippen molar-refractivity contribution in [2.45, 2.75) is 101 Å². The van der Waals surface area contributed by atoms with E-state index in [1.807, 2.05) is 170 Å². The van der Waals surface area contributed by atoms with Crippen LogP contribution >= 0.6 is 0 Å². The summed E-state index contributed by atoms with van der Waals surface area (Å²) in [7, 11) is 1.15. The van der Waals surface area contributed by atoms with Gasteiger partial charge in [0, 0.05) is 10.9 Å². The Labute approximate surface area is 433 Å². The molecule has 2 saturated heterocycles. The summed E-state index contributed by atoms with van der Waals surface area (Å²) in [6, 6.07) is 68.5. The Kier molecular flexibility index (Phi) is 19.7. The highest BCUT2D eigenvalue weighted by molar-refractivity contribution is 7.97. The van der Waals surface area contributed by atoms with Crippen LogP contribution in [0.1, 0.15) is 38.9 Å². The Morgan fingerprint density at radius 1 is 0.438 bits per heavy atom. The maximum Gasteiger partial charge on any atom is 0.187 e. The van der Waals surface area contributed by atoms with E-state index in [-0.39, 0.29) is 43.9 Å². The molecule has 11 heteroatoms. The quantitative estimate of drug-likeness (QED) is 0.0528. The van der Waals surface area contributed by atoms with Gasteiger partial charge in [0.2, 0.25) is 0 Å². The lowest BCUT2D eigenvalue weighted by atomic mass is 9.94. The van der Waals surface area contributed by atoms with Crippen molar-refractivity contribution in [2.24, 2.45) is 0 Å². The number of hydrogen-bond acceptors (Lipinski definition) is 10. The summed E-state index contributed by atoms with van der Waals surface area (Å²) in [6.45, 7) is 2.66. The van der Waals surface area contributed by atoms with Crippen LogP contribution in [0.2, 0.25) is 0 Å². The third-order valence-electron chi connectivity index (χ3n) is 13.2. The van der Waals surface area contributed by atoms with E-state index in [0.29, 0.717) is 37.9 Å². The second-order valence-corrected chi connectivity index (χ2v) is 20.8. The maximum absolute atomic E-state index is 13.1. The molecule has 10 nitrogen and oxygen atoms in total. The van der Waals surface area contributed by atoms with Gasteiger partial charge in [-0.1, -0.05) is 194 Å². The van der Waals surface area contributed by atoms with Crippen LogP contribution in [0.25, 0.3) is 0 Å². The standard InChI is InChI=1S/C62H67O10S/c1-64-53-34-32-52(33-35-53)42-71-62-61(70-41-51-30-18-7-19-31-51)60(69-40-50-28-16-6-17-29-50)59(68-39-49-26-14-5-15-27-49)57(72-62)54(63)44-73-45-55(66-37-47-22-10-3-11-23-47)58(67-38-48-24-12-4-13-25-48)56(73)43-65-36-46-20-8-2-9-21-46/h2-35,54-63H,36-45H2,1H3/q+1/t54-,55-,56-,57-,58+,59+,60+,61-,62-,73?/m1/s1. The van der Waals surface area contributed by atoms with Gasteiger partial charge >= 0.3 is 0 Å². The van der Waals surface area contributed by atoms with Crippen LogP contribution in [0.15, 0.2) is 206 Å². The molecule has 0 amide bonds. The molecule has 0 bridgehead atoms. The molecule has 1 N–H and O–H groups in total. The SMILES string of the molecule is COc1ccc(CO[C@@H]2O[C@H]([C@H](O)C[S+]3C[C@@H](OCc4ccccc4)[C@H](OCc4ccccc4)[C@H]3COCc3ccccc3)[C@H](OCc3ccccc3)[C@H](OCc3ccccc3)[C@H]2OCc2ccccc2)cc1. The molecule has 10 atom stereocenters. The van der Waals surface area contributed by atoms with Crippen molar-refractivity contribution in [2.75, 3.05) is 25.2 Å². The van der Waals surface area contributed by atoms with Gasteiger partial charge in [-0.05, 0) is 51.1 Å². The first-order valence-corrected chi connectivity index (χ1v) is 26.8. The predicted octanol–water partition coefficient (Wildman–Crippen LogP) is 10.4. The Morgan fingerprint density at radius 2 is 0.822 bits per heavy atom. The molecule has 7 aromatic rings. The van der Waals surface area contributed by atoms with E-state index >= 15 is 0 Å². The molecule has 7 aromatic carbocycles. The van der Waals surface area contributed by atoms with Crippen molar-refractivity contribution < 1.29 is 47.7 Å². The molecule has 2 fully saturated rings. The summed E-state index contributed by atoms with van der Waals surface area (Å²) in [5.41, 5.74) is 7.09. The molecule has 0 aromatic heterocycles. The van der Waals surface area contributed by atoms with Crippen molar-refractivity contribution in [1.29, 1.82) is 0 Å². The molecular formula is C62H67O10S+. The maximum atomic E-state index is 13.1. The van der Waals surface area contributed by atoms with Crippen molar-refractivity contribution in [3.63, 3.8) is 0 Å². The van der Waals surface area contributed by atoms with Gasteiger partial charge in [0.15, 0.2) is 11.5 Å². The van der Waals surface area contributed by atoms with Gasteiger partial charge in [-0.25, -0.2) is 0 Å². The molecule has 2 aliphatic heterocycles. The van der Waals surface area contributed by atoms with Gasteiger partial charge in [0.1, 0.15) is 60.0 Å². The lowest BCUT2D eigenvalue weighted by Crippen LogP contribution is -2.64. The Morgan fingerprint density at radius 3 is 1.29 bits per heavy atom. The lowest BCUT2D eigenvalue weighted by Gasteiger charge is -2.47. The molecule has 0 spiro atoms. The zero-order valence-electron chi connectivity index (χ0n) is 41.4. The van der Waals surface area contributed by atoms with E-state index in [9.17, 15) is 5.11 Å². The zero-order chi connectivity index (χ0) is 49.9. The van der Waals surface area contributed by atoms with Crippen molar-refractivity contribution >= 4 is 10.9 Å². The summed E-state index contributed by atoms with van der Waals surface area (Å²) in [4.78, 5) is 0. The fraction of sp³-hybridized carbons (Fsp3) is 0.323. The summed E-state index contributed by atoms with van der Waals surface area (Å²) >= 11 is 0. The second-order valence-electron chi connectivity index (χ2n) is 18.5. The van der Waals surface area contributed by atoms with Gasteiger partial charge in [-0.15, -0.1) is 0 Å². The minimum atomic E-state index is -1.05. The van der Waals surface area contributed by atoms with Crippen LogP contribution in [0.5, 0.6) is 5.75 Å². The van der Waals surface area contributed by atoms with Crippen LogP contribution in [0.3, 0.4) is 0 Å². The zero-order valence-corrected chi connectivity index (χ0v) is 42.2. The number of methoxy groups -OCH3 is 1. The summed E-state index contributed by atoms with van der Waals surface area (Å²) in [5, 5.41) is 13.0. The van der Waals surface area contributed by atoms with Crippen LogP contribution in [0, 0.1) is 0 Å². The minimum Gasteiger partial charge on any atom is -0.497 e. The first-order chi connectivity index (χ1) is 36.1. The normalized spacial score (nSPS) is 23.2. The molecule has 2 aliphatic rings. The summed E-state index contributed by atoms with van der Waals surface area (Å²) in [5.74, 6) is 1.76. The van der Waals surface area contributed by atoms with E-state index in [2.05, 4.69) is 36.4 Å². The fourth-order valence-electron chi connectivity index (χ4n) is 9.36. The smallest absolute Gasteiger partial charge is 0.187 e. The Balaban J connectivity index is 1.05. The highest BCUT2D eigenvalue weighted by Crippen LogP contribution is 2.37. The van der Waals surface area contributed by atoms with Gasteiger partial charge in [0.25, 0.3) is 0 Å². The van der Waals surface area contributed by atoms with E-state index in [4.69, 9.17) is 42.6 Å². The summed E-state index contributed by atoms with van der Waals surface area (Å²) < 4.78 is 60.7. The number of aliphatic hydroxyl groups is 1. The van der Waals surface area contributed by atoms with Gasteiger partial charge < -0.3 is 47.7 Å². The number of hydrogen-bond donors (Lipinski definition) is 1. The molecule has 2 heterocycles. The molecular weight excluding hydrogens is 937 g/mol. The second kappa shape index (κ2) is 27.6. The topological polar surface area (TPSA) is 103 Å². The predicted molar refractivity (Wildman–Crippen MR) is 285 cm³/mol. The minimum absolute atomic E-state index is 0.121. The van der Waals surface area contributed by atoms with Gasteiger partial charge in [-0.3, -0.25) is 0 Å². The third kappa shape index (κ3) is 15.2. The molecule has 0 saturated carbocycles. The molecule has 0 radical (unpaired) electrons. The van der Waals surface area contributed by atoms with Crippen LogP contribution in [-0.2, 0) is 95.0 Å². The van der Waals surface area contributed by atoms with Gasteiger partial charge in [-0.2, -0.15) is 0 Å². The molecule has 0 aliphatic carbocycles. The monoisotopic (exact) mass is 1000 g/mol. The molecule has 9 rings (SSSR count). The van der Waals surface area contributed by atoms with E-state index < -0.39 is 47.7 Å². The van der Waals surface area contributed by atoms with E-state index in [0.717, 1.165) is 44.7 Å². The molecule has 380 valence electrons. The van der Waals surface area contributed by atoms with Gasteiger partial charge in [0.05, 0.1) is 60.0 Å².